The number of fused-ring (bicyclic) bond motifs is 1. The summed E-state index contributed by atoms with van der Waals surface area (Å²) in [4.78, 5) is 34.3. The van der Waals surface area contributed by atoms with Gasteiger partial charge >= 0.3 is 0 Å². The van der Waals surface area contributed by atoms with Crippen LogP contribution in [-0.4, -0.2) is 27.3 Å². The summed E-state index contributed by atoms with van der Waals surface area (Å²) in [6, 6.07) is 19.3. The van der Waals surface area contributed by atoms with Gasteiger partial charge in [0.25, 0.3) is 5.56 Å². The fourth-order valence-electron chi connectivity index (χ4n) is 3.27. The van der Waals surface area contributed by atoms with Crippen molar-refractivity contribution in [2.75, 3.05) is 6.54 Å². The van der Waals surface area contributed by atoms with E-state index in [1.54, 1.807) is 4.90 Å². The number of aromatic nitrogens is 2. The maximum atomic E-state index is 12.6. The quantitative estimate of drug-likeness (QED) is 0.793. The van der Waals surface area contributed by atoms with Crippen LogP contribution >= 0.6 is 0 Å². The van der Waals surface area contributed by atoms with Gasteiger partial charge in [-0.2, -0.15) is 0 Å². The summed E-state index contributed by atoms with van der Waals surface area (Å²) in [7, 11) is 0. The minimum Gasteiger partial charge on any atom is -0.336 e. The van der Waals surface area contributed by atoms with Crippen molar-refractivity contribution in [3.8, 4) is 11.4 Å². The highest BCUT2D eigenvalue weighted by molar-refractivity contribution is 5.79. The van der Waals surface area contributed by atoms with Gasteiger partial charge in [0, 0.05) is 17.7 Å². The van der Waals surface area contributed by atoms with E-state index in [4.69, 9.17) is 0 Å². The fourth-order valence-corrected chi connectivity index (χ4v) is 3.27. The molecule has 4 rings (SSSR count). The van der Waals surface area contributed by atoms with Crippen molar-refractivity contribution >= 4 is 5.91 Å². The van der Waals surface area contributed by atoms with E-state index in [-0.39, 0.29) is 11.5 Å². The first kappa shape index (κ1) is 16.3. The molecular weight excluding hydrogens is 326 g/mol. The summed E-state index contributed by atoms with van der Waals surface area (Å²) in [6.45, 7) is 0.929. The smallest absolute Gasteiger partial charge is 0.254 e. The number of benzene rings is 2. The van der Waals surface area contributed by atoms with Crippen LogP contribution in [0.5, 0.6) is 0 Å². The number of hydrogen-bond donors (Lipinski definition) is 1. The topological polar surface area (TPSA) is 66.1 Å². The largest absolute Gasteiger partial charge is 0.336 e. The second-order valence-electron chi connectivity index (χ2n) is 6.43. The average Bonchev–Trinajstić information content (AvgIpc) is 2.69. The number of hydrogen-bond acceptors (Lipinski definition) is 3. The molecule has 130 valence electrons. The predicted molar refractivity (Wildman–Crippen MR) is 99.6 cm³/mol. The lowest BCUT2D eigenvalue weighted by atomic mass is 10.0. The molecule has 1 N–H and O–H groups in total. The van der Waals surface area contributed by atoms with Gasteiger partial charge < -0.3 is 9.88 Å². The Morgan fingerprint density at radius 2 is 1.73 bits per heavy atom. The van der Waals surface area contributed by atoms with Crippen LogP contribution < -0.4 is 5.56 Å². The molecule has 26 heavy (non-hydrogen) atoms. The molecule has 0 unspecified atom stereocenters. The Hall–Kier alpha value is -3.21. The minimum atomic E-state index is -0.107. The molecule has 0 fully saturated rings. The molecule has 0 saturated heterocycles. The summed E-state index contributed by atoms with van der Waals surface area (Å²) in [6.07, 6.45) is 0.901. The summed E-state index contributed by atoms with van der Waals surface area (Å²) in [5, 5.41) is 0. The summed E-state index contributed by atoms with van der Waals surface area (Å²) < 4.78 is 0. The number of nitrogens with zero attached hydrogens (tertiary/aromatic N) is 2. The molecule has 5 heteroatoms. The second kappa shape index (κ2) is 6.96. The first-order valence-corrected chi connectivity index (χ1v) is 8.70. The number of carbonyl (C=O) groups excluding carboxylic acids is 1. The second-order valence-corrected chi connectivity index (χ2v) is 6.43. The van der Waals surface area contributed by atoms with Gasteiger partial charge in [-0.05, 0) is 12.0 Å². The van der Waals surface area contributed by atoms with E-state index in [9.17, 15) is 9.59 Å². The SMILES string of the molecule is O=C(Cc1ccccc1)N1CCc2c(nc(-c3ccccc3)[nH]c2=O)C1. The van der Waals surface area contributed by atoms with Crippen LogP contribution in [0.3, 0.4) is 0 Å². The molecule has 1 aliphatic heterocycles. The normalized spacial score (nSPS) is 13.3. The Bertz CT molecular complexity index is 981. The molecule has 1 aliphatic rings. The Morgan fingerprint density at radius 1 is 1.04 bits per heavy atom. The van der Waals surface area contributed by atoms with E-state index < -0.39 is 0 Å². The maximum absolute atomic E-state index is 12.6. The van der Waals surface area contributed by atoms with Crippen LogP contribution in [0, 0.1) is 0 Å². The van der Waals surface area contributed by atoms with Gasteiger partial charge in [-0.25, -0.2) is 4.98 Å². The van der Waals surface area contributed by atoms with Gasteiger partial charge in [-0.3, -0.25) is 9.59 Å². The van der Waals surface area contributed by atoms with Gasteiger partial charge in [0.1, 0.15) is 5.82 Å². The molecule has 2 heterocycles. The van der Waals surface area contributed by atoms with E-state index in [0.29, 0.717) is 43.0 Å². The number of H-pyrrole nitrogens is 1. The van der Waals surface area contributed by atoms with Crippen molar-refractivity contribution in [1.82, 2.24) is 14.9 Å². The molecule has 0 atom stereocenters. The molecule has 0 aliphatic carbocycles. The average molecular weight is 345 g/mol. The van der Waals surface area contributed by atoms with E-state index in [0.717, 1.165) is 11.1 Å². The highest BCUT2D eigenvalue weighted by Crippen LogP contribution is 2.19. The number of aromatic amines is 1. The third-order valence-electron chi connectivity index (χ3n) is 4.67. The van der Waals surface area contributed by atoms with Crippen LogP contribution in [0.1, 0.15) is 16.8 Å². The maximum Gasteiger partial charge on any atom is 0.254 e. The summed E-state index contributed by atoms with van der Waals surface area (Å²) >= 11 is 0. The molecule has 0 radical (unpaired) electrons. The monoisotopic (exact) mass is 345 g/mol. The van der Waals surface area contributed by atoms with Crippen molar-refractivity contribution in [2.45, 2.75) is 19.4 Å². The fraction of sp³-hybridized carbons (Fsp3) is 0.190. The van der Waals surface area contributed by atoms with Crippen molar-refractivity contribution in [3.63, 3.8) is 0 Å². The van der Waals surface area contributed by atoms with E-state index in [1.807, 2.05) is 60.7 Å². The number of amides is 1. The molecule has 0 saturated carbocycles. The lowest BCUT2D eigenvalue weighted by Crippen LogP contribution is -2.39. The third kappa shape index (κ3) is 3.28. The highest BCUT2D eigenvalue weighted by Gasteiger charge is 2.24. The molecule has 5 nitrogen and oxygen atoms in total. The summed E-state index contributed by atoms with van der Waals surface area (Å²) in [5.41, 5.74) is 3.13. The van der Waals surface area contributed by atoms with E-state index >= 15 is 0 Å². The number of nitrogens with one attached hydrogen (secondary N) is 1. The van der Waals surface area contributed by atoms with Gasteiger partial charge in [-0.15, -0.1) is 0 Å². The Labute approximate surface area is 151 Å². The first-order chi connectivity index (χ1) is 12.7. The molecule has 1 amide bonds. The Kier molecular flexibility index (Phi) is 4.35. The Balaban J connectivity index is 1.59. The third-order valence-corrected chi connectivity index (χ3v) is 4.67. The summed E-state index contributed by atoms with van der Waals surface area (Å²) in [5.74, 6) is 0.608. The van der Waals surface area contributed by atoms with Gasteiger partial charge in [0.2, 0.25) is 5.91 Å². The van der Waals surface area contributed by atoms with Crippen LogP contribution in [0.2, 0.25) is 0 Å². The molecule has 3 aromatic rings. The van der Waals surface area contributed by atoms with E-state index in [2.05, 4.69) is 9.97 Å². The minimum absolute atomic E-state index is 0.0604. The zero-order valence-electron chi connectivity index (χ0n) is 14.3. The van der Waals surface area contributed by atoms with Crippen LogP contribution in [0.15, 0.2) is 65.5 Å². The Morgan fingerprint density at radius 3 is 2.46 bits per heavy atom. The number of rotatable bonds is 3. The standard InChI is InChI=1S/C21H19N3O2/c25-19(13-15-7-3-1-4-8-15)24-12-11-17-18(14-24)22-20(23-21(17)26)16-9-5-2-6-10-16/h1-10H,11-14H2,(H,22,23,26). The zero-order valence-corrected chi connectivity index (χ0v) is 14.3. The predicted octanol–water partition coefficient (Wildman–Crippen LogP) is 2.56. The lowest BCUT2D eigenvalue weighted by molar-refractivity contribution is -0.131. The van der Waals surface area contributed by atoms with Crippen LogP contribution in [-0.2, 0) is 24.2 Å². The van der Waals surface area contributed by atoms with Crippen molar-refractivity contribution in [2.24, 2.45) is 0 Å². The van der Waals surface area contributed by atoms with Gasteiger partial charge in [0.15, 0.2) is 0 Å². The number of carbonyl (C=O) groups is 1. The molecule has 2 aromatic carbocycles. The van der Waals surface area contributed by atoms with Crippen molar-refractivity contribution in [3.05, 3.63) is 87.8 Å². The van der Waals surface area contributed by atoms with Crippen LogP contribution in [0.4, 0.5) is 0 Å². The first-order valence-electron chi connectivity index (χ1n) is 8.70. The zero-order chi connectivity index (χ0) is 17.9. The van der Waals surface area contributed by atoms with Gasteiger partial charge in [0.05, 0.1) is 18.7 Å². The van der Waals surface area contributed by atoms with Crippen molar-refractivity contribution in [1.29, 1.82) is 0 Å². The molecule has 1 aromatic heterocycles. The molecular formula is C21H19N3O2. The van der Waals surface area contributed by atoms with Gasteiger partial charge in [-0.1, -0.05) is 60.7 Å². The van der Waals surface area contributed by atoms with Crippen molar-refractivity contribution < 1.29 is 4.79 Å². The molecule has 0 spiro atoms. The van der Waals surface area contributed by atoms with Crippen LogP contribution in [0.25, 0.3) is 11.4 Å². The van der Waals surface area contributed by atoms with E-state index in [1.165, 1.54) is 0 Å². The lowest BCUT2D eigenvalue weighted by Gasteiger charge is -2.28. The molecule has 0 bridgehead atoms. The highest BCUT2D eigenvalue weighted by atomic mass is 16.2.